The number of rotatable bonds is 3. The zero-order valence-electron chi connectivity index (χ0n) is 10.2. The molecule has 0 N–H and O–H groups in total. The first-order valence-electron chi connectivity index (χ1n) is 6.06. The van der Waals surface area contributed by atoms with Crippen molar-refractivity contribution >= 4 is 28.8 Å². The average molecular weight is 270 g/mol. The summed E-state index contributed by atoms with van der Waals surface area (Å²) in [7, 11) is 0. The Morgan fingerprint density at radius 1 is 1.05 bits per heavy atom. The van der Waals surface area contributed by atoms with E-state index < -0.39 is 0 Å². The fourth-order valence-electron chi connectivity index (χ4n) is 2.30. The summed E-state index contributed by atoms with van der Waals surface area (Å²) < 4.78 is 2.10. The first-order valence-corrected chi connectivity index (χ1v) is 6.44. The smallest absolute Gasteiger partial charge is 0.150 e. The summed E-state index contributed by atoms with van der Waals surface area (Å²) in [6.45, 7) is 0.700. The maximum Gasteiger partial charge on any atom is 0.150 e. The summed E-state index contributed by atoms with van der Waals surface area (Å²) in [6, 6.07) is 15.5. The first-order chi connectivity index (χ1) is 9.29. The Kier molecular flexibility index (Phi) is 3.10. The lowest BCUT2D eigenvalue weighted by Gasteiger charge is -2.07. The molecule has 0 fully saturated rings. The number of halogens is 1. The third kappa shape index (κ3) is 2.15. The van der Waals surface area contributed by atoms with Crippen molar-refractivity contribution in [1.82, 2.24) is 4.57 Å². The number of aldehydes is 1. The molecule has 0 aliphatic heterocycles. The van der Waals surface area contributed by atoms with Crippen molar-refractivity contribution in [3.05, 3.63) is 70.9 Å². The molecular weight excluding hydrogens is 258 g/mol. The van der Waals surface area contributed by atoms with Gasteiger partial charge in [0.05, 0.1) is 0 Å². The lowest BCUT2D eigenvalue weighted by molar-refractivity contribution is 0.112. The van der Waals surface area contributed by atoms with Gasteiger partial charge in [-0.2, -0.15) is 0 Å². The van der Waals surface area contributed by atoms with Crippen LogP contribution in [0, 0.1) is 0 Å². The number of hydrogen-bond acceptors (Lipinski definition) is 1. The number of nitrogens with zero attached hydrogens (tertiary/aromatic N) is 1. The molecule has 0 amide bonds. The third-order valence-electron chi connectivity index (χ3n) is 3.27. The Balaban J connectivity index is 2.07. The van der Waals surface area contributed by atoms with Crippen molar-refractivity contribution in [2.24, 2.45) is 0 Å². The van der Waals surface area contributed by atoms with E-state index in [9.17, 15) is 4.79 Å². The van der Waals surface area contributed by atoms with Gasteiger partial charge in [0.2, 0.25) is 0 Å². The summed E-state index contributed by atoms with van der Waals surface area (Å²) in [4.78, 5) is 11.0. The standard InChI is InChI=1S/C16H12ClNO/c17-15-6-2-1-4-12(15)10-18-9-8-14-13(11-19)5-3-7-16(14)18/h1-9,11H,10H2. The zero-order valence-corrected chi connectivity index (χ0v) is 11.0. The molecule has 1 aromatic heterocycles. The second-order valence-electron chi connectivity index (χ2n) is 4.43. The van der Waals surface area contributed by atoms with Gasteiger partial charge in [-0.1, -0.05) is 41.9 Å². The van der Waals surface area contributed by atoms with Crippen LogP contribution in [0.5, 0.6) is 0 Å². The maximum atomic E-state index is 11.0. The molecule has 0 spiro atoms. The largest absolute Gasteiger partial charge is 0.343 e. The van der Waals surface area contributed by atoms with E-state index in [1.165, 1.54) is 0 Å². The lowest BCUT2D eigenvalue weighted by Crippen LogP contribution is -1.98. The van der Waals surface area contributed by atoms with Crippen molar-refractivity contribution in [3.8, 4) is 0 Å². The second kappa shape index (κ2) is 4.90. The molecule has 94 valence electrons. The van der Waals surface area contributed by atoms with Crippen LogP contribution in [0.1, 0.15) is 15.9 Å². The van der Waals surface area contributed by atoms with Gasteiger partial charge in [-0.25, -0.2) is 0 Å². The van der Waals surface area contributed by atoms with Gasteiger partial charge in [0.25, 0.3) is 0 Å². The van der Waals surface area contributed by atoms with Crippen molar-refractivity contribution in [2.75, 3.05) is 0 Å². The van der Waals surface area contributed by atoms with Crippen molar-refractivity contribution in [2.45, 2.75) is 6.54 Å². The Labute approximate surface area is 116 Å². The summed E-state index contributed by atoms with van der Waals surface area (Å²) in [5.41, 5.74) is 2.83. The normalized spacial score (nSPS) is 10.8. The van der Waals surface area contributed by atoms with Crippen LogP contribution in [0.3, 0.4) is 0 Å². The number of fused-ring (bicyclic) bond motifs is 1. The van der Waals surface area contributed by atoms with E-state index in [1.807, 2.05) is 54.7 Å². The van der Waals surface area contributed by atoms with Crippen LogP contribution in [-0.2, 0) is 6.54 Å². The molecule has 0 aliphatic carbocycles. The van der Waals surface area contributed by atoms with Crippen molar-refractivity contribution in [3.63, 3.8) is 0 Å². The summed E-state index contributed by atoms with van der Waals surface area (Å²) in [6.07, 6.45) is 2.88. The van der Waals surface area contributed by atoms with Gasteiger partial charge < -0.3 is 4.57 Å². The molecule has 0 saturated carbocycles. The van der Waals surface area contributed by atoms with Crippen LogP contribution in [0.2, 0.25) is 5.02 Å². The number of carbonyl (C=O) groups excluding carboxylic acids is 1. The minimum absolute atomic E-state index is 0.700. The van der Waals surface area contributed by atoms with Gasteiger partial charge in [0, 0.05) is 34.2 Å². The molecule has 19 heavy (non-hydrogen) atoms. The third-order valence-corrected chi connectivity index (χ3v) is 3.64. The zero-order chi connectivity index (χ0) is 13.2. The van der Waals surface area contributed by atoms with Crippen molar-refractivity contribution in [1.29, 1.82) is 0 Å². The van der Waals surface area contributed by atoms with E-state index in [0.717, 1.165) is 33.3 Å². The highest BCUT2D eigenvalue weighted by Gasteiger charge is 2.06. The highest BCUT2D eigenvalue weighted by molar-refractivity contribution is 6.31. The monoisotopic (exact) mass is 269 g/mol. The lowest BCUT2D eigenvalue weighted by atomic mass is 10.1. The molecule has 3 rings (SSSR count). The molecule has 3 aromatic rings. The highest BCUT2D eigenvalue weighted by Crippen LogP contribution is 2.22. The van der Waals surface area contributed by atoms with Crippen LogP contribution in [0.15, 0.2) is 54.7 Å². The van der Waals surface area contributed by atoms with E-state index in [1.54, 1.807) is 0 Å². The summed E-state index contributed by atoms with van der Waals surface area (Å²) in [5, 5.41) is 1.74. The summed E-state index contributed by atoms with van der Waals surface area (Å²) in [5.74, 6) is 0. The summed E-state index contributed by atoms with van der Waals surface area (Å²) >= 11 is 6.18. The Morgan fingerprint density at radius 2 is 1.89 bits per heavy atom. The topological polar surface area (TPSA) is 22.0 Å². The van der Waals surface area contributed by atoms with Gasteiger partial charge in [-0.05, 0) is 23.8 Å². The fraction of sp³-hybridized carbons (Fsp3) is 0.0625. The molecule has 3 heteroatoms. The molecule has 2 aromatic carbocycles. The molecule has 2 nitrogen and oxygen atoms in total. The number of benzene rings is 2. The SMILES string of the molecule is O=Cc1cccc2c1ccn2Cc1ccccc1Cl. The molecule has 0 saturated heterocycles. The van der Waals surface area contributed by atoms with Gasteiger partial charge in [0.15, 0.2) is 6.29 Å². The van der Waals surface area contributed by atoms with Crippen LogP contribution in [0.25, 0.3) is 10.9 Å². The molecule has 0 radical (unpaired) electrons. The van der Waals surface area contributed by atoms with Crippen LogP contribution >= 0.6 is 11.6 Å². The molecule has 0 bridgehead atoms. The van der Waals surface area contributed by atoms with Crippen LogP contribution in [0.4, 0.5) is 0 Å². The molecule has 0 unspecified atom stereocenters. The molecule has 0 aliphatic rings. The maximum absolute atomic E-state index is 11.0. The average Bonchev–Trinajstić information content (AvgIpc) is 2.84. The predicted molar refractivity (Wildman–Crippen MR) is 77.9 cm³/mol. The number of carbonyl (C=O) groups is 1. The molecular formula is C16H12ClNO. The van der Waals surface area contributed by atoms with Gasteiger partial charge in [-0.15, -0.1) is 0 Å². The van der Waals surface area contributed by atoms with E-state index in [2.05, 4.69) is 4.57 Å². The van der Waals surface area contributed by atoms with Gasteiger partial charge >= 0.3 is 0 Å². The van der Waals surface area contributed by atoms with Crippen molar-refractivity contribution < 1.29 is 4.79 Å². The van der Waals surface area contributed by atoms with Gasteiger partial charge in [-0.3, -0.25) is 4.79 Å². The highest BCUT2D eigenvalue weighted by atomic mass is 35.5. The number of aromatic nitrogens is 1. The molecule has 0 atom stereocenters. The van der Waals surface area contributed by atoms with Crippen LogP contribution in [-0.4, -0.2) is 10.9 Å². The second-order valence-corrected chi connectivity index (χ2v) is 4.84. The minimum atomic E-state index is 0.700. The Bertz CT molecular complexity index is 745. The number of hydrogen-bond donors (Lipinski definition) is 0. The van der Waals surface area contributed by atoms with Gasteiger partial charge in [0.1, 0.15) is 0 Å². The quantitative estimate of drug-likeness (QED) is 0.655. The Hall–Kier alpha value is -2.06. The van der Waals surface area contributed by atoms with E-state index >= 15 is 0 Å². The minimum Gasteiger partial charge on any atom is -0.343 e. The molecule has 1 heterocycles. The van der Waals surface area contributed by atoms with Crippen LogP contribution < -0.4 is 0 Å². The fourth-order valence-corrected chi connectivity index (χ4v) is 2.49. The predicted octanol–water partition coefficient (Wildman–Crippen LogP) is 4.16. The van der Waals surface area contributed by atoms with E-state index in [-0.39, 0.29) is 0 Å². The van der Waals surface area contributed by atoms with E-state index in [0.29, 0.717) is 6.54 Å². The Morgan fingerprint density at radius 3 is 2.68 bits per heavy atom. The first kappa shape index (κ1) is 12.0. The van der Waals surface area contributed by atoms with E-state index in [4.69, 9.17) is 11.6 Å².